The van der Waals surface area contributed by atoms with Crippen LogP contribution >= 0.6 is 12.4 Å². The van der Waals surface area contributed by atoms with E-state index in [2.05, 4.69) is 5.32 Å². The molecular weight excluding hydrogens is 337 g/mol. The Morgan fingerprint density at radius 2 is 1.92 bits per heavy atom. The third-order valence-electron chi connectivity index (χ3n) is 3.95. The van der Waals surface area contributed by atoms with Gasteiger partial charge in [-0.15, -0.1) is 12.4 Å². The molecule has 0 radical (unpaired) electrons. The summed E-state index contributed by atoms with van der Waals surface area (Å²) in [6.07, 6.45) is 1.16. The van der Waals surface area contributed by atoms with Crippen molar-refractivity contribution < 1.29 is 18.7 Å². The number of hydrogen-bond donors (Lipinski definition) is 2. The van der Waals surface area contributed by atoms with Gasteiger partial charge in [-0.05, 0) is 37.1 Å². The topological polar surface area (TPSA) is 84.7 Å². The lowest BCUT2D eigenvalue weighted by molar-refractivity contribution is -0.136. The second kappa shape index (κ2) is 9.56. The van der Waals surface area contributed by atoms with Gasteiger partial charge in [0.05, 0.1) is 6.61 Å². The molecule has 6 nitrogen and oxygen atoms in total. The summed E-state index contributed by atoms with van der Waals surface area (Å²) < 4.78 is 17.7. The van der Waals surface area contributed by atoms with E-state index in [-0.39, 0.29) is 42.6 Å². The molecule has 1 fully saturated rings. The van der Waals surface area contributed by atoms with Crippen LogP contribution in [0, 0.1) is 11.7 Å². The van der Waals surface area contributed by atoms with Gasteiger partial charge in [-0.1, -0.05) is 0 Å². The fraction of sp³-hybridized carbons (Fsp3) is 0.500. The van der Waals surface area contributed by atoms with Gasteiger partial charge in [-0.25, -0.2) is 4.39 Å². The number of methoxy groups -OCH3 is 1. The van der Waals surface area contributed by atoms with Gasteiger partial charge in [0.15, 0.2) is 0 Å². The summed E-state index contributed by atoms with van der Waals surface area (Å²) in [5, 5.41) is 2.77. The van der Waals surface area contributed by atoms with E-state index in [4.69, 9.17) is 10.5 Å². The number of carbonyl (C=O) groups excluding carboxylic acids is 2. The molecule has 0 saturated carbocycles. The van der Waals surface area contributed by atoms with Crippen LogP contribution in [0.3, 0.4) is 0 Å². The zero-order valence-electron chi connectivity index (χ0n) is 13.5. The van der Waals surface area contributed by atoms with Crippen LogP contribution in [0.2, 0.25) is 0 Å². The number of anilines is 1. The lowest BCUT2D eigenvalue weighted by Gasteiger charge is -2.32. The molecule has 1 unspecified atom stereocenters. The fourth-order valence-electron chi connectivity index (χ4n) is 2.62. The van der Waals surface area contributed by atoms with Crippen molar-refractivity contribution in [1.82, 2.24) is 4.90 Å². The molecule has 0 aromatic heterocycles. The Balaban J connectivity index is 0.00000288. The van der Waals surface area contributed by atoms with Gasteiger partial charge in [-0.3, -0.25) is 9.59 Å². The van der Waals surface area contributed by atoms with E-state index in [1.54, 1.807) is 4.90 Å². The summed E-state index contributed by atoms with van der Waals surface area (Å²) in [5.74, 6) is -0.765. The number of halogens is 2. The van der Waals surface area contributed by atoms with Crippen molar-refractivity contribution in [2.75, 3.05) is 32.1 Å². The molecule has 0 bridgehead atoms. The van der Waals surface area contributed by atoms with Crippen molar-refractivity contribution in [2.24, 2.45) is 11.7 Å². The highest BCUT2D eigenvalue weighted by molar-refractivity contribution is 5.92. The number of nitrogens with one attached hydrogen (secondary N) is 1. The Morgan fingerprint density at radius 1 is 1.33 bits per heavy atom. The average Bonchev–Trinajstić information content (AvgIpc) is 2.56. The smallest absolute Gasteiger partial charge is 0.241 e. The first-order valence-electron chi connectivity index (χ1n) is 7.61. The Kier molecular flexibility index (Phi) is 8.10. The molecule has 3 N–H and O–H groups in total. The minimum absolute atomic E-state index is 0. The molecule has 0 aliphatic carbocycles. The van der Waals surface area contributed by atoms with Crippen LogP contribution < -0.4 is 11.1 Å². The molecular formula is C16H23ClFN3O3. The summed E-state index contributed by atoms with van der Waals surface area (Å²) in [5.41, 5.74) is 6.31. The maximum absolute atomic E-state index is 12.8. The second-order valence-corrected chi connectivity index (χ2v) is 5.66. The van der Waals surface area contributed by atoms with Crippen LogP contribution in [0.5, 0.6) is 0 Å². The van der Waals surface area contributed by atoms with E-state index in [0.717, 1.165) is 0 Å². The molecule has 134 valence electrons. The Morgan fingerprint density at radius 3 is 2.46 bits per heavy atom. The van der Waals surface area contributed by atoms with Gasteiger partial charge in [-0.2, -0.15) is 0 Å². The molecule has 1 aliphatic rings. The van der Waals surface area contributed by atoms with Crippen LogP contribution in [0.1, 0.15) is 12.8 Å². The van der Waals surface area contributed by atoms with Gasteiger partial charge in [0.25, 0.3) is 0 Å². The van der Waals surface area contributed by atoms with Crippen LogP contribution in [-0.4, -0.2) is 49.6 Å². The summed E-state index contributed by atoms with van der Waals surface area (Å²) in [6, 6.07) is 4.98. The normalized spacial score (nSPS) is 16.2. The first-order valence-corrected chi connectivity index (χ1v) is 7.61. The number of likely N-dealkylation sites (tertiary alicyclic amines) is 1. The van der Waals surface area contributed by atoms with Crippen molar-refractivity contribution in [3.63, 3.8) is 0 Å². The molecule has 1 saturated heterocycles. The molecule has 1 aliphatic heterocycles. The minimum Gasteiger partial charge on any atom is -0.383 e. The number of nitrogens with zero attached hydrogens (tertiary/aromatic N) is 1. The highest BCUT2D eigenvalue weighted by Crippen LogP contribution is 2.20. The van der Waals surface area contributed by atoms with E-state index < -0.39 is 6.04 Å². The molecule has 1 atom stereocenters. The molecule has 2 rings (SSSR count). The number of amides is 2. The predicted molar refractivity (Wildman–Crippen MR) is 91.4 cm³/mol. The summed E-state index contributed by atoms with van der Waals surface area (Å²) in [4.78, 5) is 26.0. The number of carbonyl (C=O) groups is 2. The van der Waals surface area contributed by atoms with Crippen LogP contribution in [0.15, 0.2) is 24.3 Å². The zero-order valence-corrected chi connectivity index (χ0v) is 14.4. The van der Waals surface area contributed by atoms with Crippen molar-refractivity contribution in [2.45, 2.75) is 18.9 Å². The van der Waals surface area contributed by atoms with Gasteiger partial charge < -0.3 is 20.7 Å². The van der Waals surface area contributed by atoms with Gasteiger partial charge in [0.1, 0.15) is 11.9 Å². The molecule has 2 amide bonds. The van der Waals surface area contributed by atoms with Gasteiger partial charge >= 0.3 is 0 Å². The number of benzene rings is 1. The average molecular weight is 360 g/mol. The lowest BCUT2D eigenvalue weighted by atomic mass is 9.95. The number of hydrogen-bond acceptors (Lipinski definition) is 4. The first-order chi connectivity index (χ1) is 11.0. The van der Waals surface area contributed by atoms with Crippen molar-refractivity contribution in [1.29, 1.82) is 0 Å². The van der Waals surface area contributed by atoms with E-state index in [9.17, 15) is 14.0 Å². The number of ether oxygens (including phenoxy) is 1. The third-order valence-corrected chi connectivity index (χ3v) is 3.95. The highest BCUT2D eigenvalue weighted by atomic mass is 35.5. The molecule has 0 spiro atoms. The van der Waals surface area contributed by atoms with Crippen LogP contribution in [0.25, 0.3) is 0 Å². The summed E-state index contributed by atoms with van der Waals surface area (Å²) in [6.45, 7) is 1.18. The van der Waals surface area contributed by atoms with Gasteiger partial charge in [0, 0.05) is 31.8 Å². The first kappa shape index (κ1) is 20.3. The van der Waals surface area contributed by atoms with Crippen molar-refractivity contribution >= 4 is 29.9 Å². The Hall–Kier alpha value is -1.70. The predicted octanol–water partition coefficient (Wildman–Crippen LogP) is 1.40. The monoisotopic (exact) mass is 359 g/mol. The van der Waals surface area contributed by atoms with Crippen LogP contribution in [-0.2, 0) is 14.3 Å². The number of rotatable bonds is 5. The van der Waals surface area contributed by atoms with Gasteiger partial charge in [0.2, 0.25) is 11.8 Å². The molecule has 8 heteroatoms. The van der Waals surface area contributed by atoms with E-state index in [1.165, 1.54) is 31.4 Å². The SMILES string of the molecule is COCC(N)C(=O)N1CCC(C(=O)Nc2ccc(F)cc2)CC1.Cl. The van der Waals surface area contributed by atoms with E-state index >= 15 is 0 Å². The Labute approximate surface area is 146 Å². The molecule has 1 aromatic carbocycles. The second-order valence-electron chi connectivity index (χ2n) is 5.66. The van der Waals surface area contributed by atoms with E-state index in [0.29, 0.717) is 31.6 Å². The standard InChI is InChI=1S/C16H22FN3O3.ClH/c1-23-10-14(18)16(22)20-8-6-11(7-9-20)15(21)19-13-4-2-12(17)3-5-13;/h2-5,11,14H,6-10,18H2,1H3,(H,19,21);1H. The molecule has 1 heterocycles. The zero-order chi connectivity index (χ0) is 16.8. The third kappa shape index (κ3) is 5.43. The van der Waals surface area contributed by atoms with E-state index in [1.807, 2.05) is 0 Å². The fourth-order valence-corrected chi connectivity index (χ4v) is 2.62. The van der Waals surface area contributed by atoms with Crippen molar-refractivity contribution in [3.8, 4) is 0 Å². The Bertz CT molecular complexity index is 548. The molecule has 1 aromatic rings. The summed E-state index contributed by atoms with van der Waals surface area (Å²) in [7, 11) is 1.50. The largest absolute Gasteiger partial charge is 0.383 e. The lowest BCUT2D eigenvalue weighted by Crippen LogP contribution is -2.49. The molecule has 24 heavy (non-hydrogen) atoms. The highest BCUT2D eigenvalue weighted by Gasteiger charge is 2.29. The van der Waals surface area contributed by atoms with Crippen LogP contribution in [0.4, 0.5) is 10.1 Å². The maximum atomic E-state index is 12.8. The number of nitrogens with two attached hydrogens (primary N) is 1. The number of piperidine rings is 1. The summed E-state index contributed by atoms with van der Waals surface area (Å²) >= 11 is 0. The maximum Gasteiger partial charge on any atom is 0.241 e. The quantitative estimate of drug-likeness (QED) is 0.832. The van der Waals surface area contributed by atoms with Crippen molar-refractivity contribution in [3.05, 3.63) is 30.1 Å². The minimum atomic E-state index is -0.662.